The fourth-order valence-corrected chi connectivity index (χ4v) is 2.76. The molecule has 3 rings (SSSR count). The van der Waals surface area contributed by atoms with Crippen LogP contribution >= 0.6 is 11.3 Å². The number of carbonyl (C=O) groups excluding carboxylic acids is 2. The molecule has 1 aliphatic rings. The normalized spacial score (nSPS) is 17.2. The topological polar surface area (TPSA) is 80.3 Å². The monoisotopic (exact) mass is 317 g/mol. The lowest BCUT2D eigenvalue weighted by molar-refractivity contribution is -0.124. The number of hydrogen-bond donors (Lipinski definition) is 2. The van der Waals surface area contributed by atoms with Crippen molar-refractivity contribution in [2.24, 2.45) is 0 Å². The Morgan fingerprint density at radius 3 is 2.86 bits per heavy atom. The van der Waals surface area contributed by atoms with Gasteiger partial charge in [0.25, 0.3) is 11.8 Å². The molecule has 2 N–H and O–H groups in total. The number of hydrogen-bond acceptors (Lipinski definition) is 5. The molecule has 1 aromatic heterocycles. The Bertz CT molecular complexity index is 666. The lowest BCUT2D eigenvalue weighted by Gasteiger charge is -2.13. The number of thiazole rings is 1. The SMILES string of the molecule is O=C(Nc1nccs1)c1ccccc1NC(=O)C1CCCO1. The van der Waals surface area contributed by atoms with Gasteiger partial charge in [-0.25, -0.2) is 4.98 Å². The first kappa shape index (κ1) is 14.7. The van der Waals surface area contributed by atoms with E-state index in [-0.39, 0.29) is 11.8 Å². The van der Waals surface area contributed by atoms with Gasteiger partial charge in [-0.2, -0.15) is 0 Å². The van der Waals surface area contributed by atoms with E-state index in [1.807, 2.05) is 0 Å². The third-order valence-corrected chi connectivity index (χ3v) is 3.99. The summed E-state index contributed by atoms with van der Waals surface area (Å²) in [6.45, 7) is 0.601. The van der Waals surface area contributed by atoms with Gasteiger partial charge in [0.1, 0.15) is 6.10 Å². The number of nitrogens with one attached hydrogen (secondary N) is 2. The Morgan fingerprint density at radius 2 is 2.14 bits per heavy atom. The Balaban J connectivity index is 1.74. The second-order valence-corrected chi connectivity index (χ2v) is 5.72. The molecule has 1 aliphatic heterocycles. The number of carbonyl (C=O) groups is 2. The second kappa shape index (κ2) is 6.67. The van der Waals surface area contributed by atoms with E-state index in [4.69, 9.17) is 4.74 Å². The number of para-hydroxylation sites is 1. The second-order valence-electron chi connectivity index (χ2n) is 4.83. The average molecular weight is 317 g/mol. The number of anilines is 2. The van der Waals surface area contributed by atoms with Gasteiger partial charge in [0.15, 0.2) is 5.13 Å². The molecule has 7 heteroatoms. The third kappa shape index (κ3) is 3.32. The highest BCUT2D eigenvalue weighted by atomic mass is 32.1. The van der Waals surface area contributed by atoms with Crippen molar-refractivity contribution in [3.05, 3.63) is 41.4 Å². The quantitative estimate of drug-likeness (QED) is 0.908. The Hall–Kier alpha value is -2.25. The summed E-state index contributed by atoms with van der Waals surface area (Å²) < 4.78 is 5.35. The fourth-order valence-electron chi connectivity index (χ4n) is 2.24. The van der Waals surface area contributed by atoms with E-state index >= 15 is 0 Å². The summed E-state index contributed by atoms with van der Waals surface area (Å²) in [6, 6.07) is 6.88. The first-order chi connectivity index (χ1) is 10.7. The van der Waals surface area contributed by atoms with Crippen LogP contribution in [0.3, 0.4) is 0 Å². The van der Waals surface area contributed by atoms with Gasteiger partial charge in [0.05, 0.1) is 11.3 Å². The maximum absolute atomic E-state index is 12.3. The molecule has 2 amide bonds. The van der Waals surface area contributed by atoms with Crippen LogP contribution in [0.15, 0.2) is 35.8 Å². The number of amides is 2. The third-order valence-electron chi connectivity index (χ3n) is 3.30. The molecule has 0 radical (unpaired) electrons. The lowest BCUT2D eigenvalue weighted by atomic mass is 10.1. The van der Waals surface area contributed by atoms with Crippen molar-refractivity contribution in [2.45, 2.75) is 18.9 Å². The molecule has 0 aliphatic carbocycles. The van der Waals surface area contributed by atoms with Crippen LogP contribution in [0, 0.1) is 0 Å². The Kier molecular flexibility index (Phi) is 4.45. The summed E-state index contributed by atoms with van der Waals surface area (Å²) in [7, 11) is 0. The molecule has 1 fully saturated rings. The molecule has 2 heterocycles. The van der Waals surface area contributed by atoms with Gasteiger partial charge in [0, 0.05) is 18.2 Å². The molecule has 2 aromatic rings. The Labute approximate surface area is 131 Å². The van der Waals surface area contributed by atoms with E-state index in [1.54, 1.807) is 35.8 Å². The van der Waals surface area contributed by atoms with E-state index in [1.165, 1.54) is 11.3 Å². The zero-order valence-electron chi connectivity index (χ0n) is 11.7. The van der Waals surface area contributed by atoms with Crippen molar-refractivity contribution >= 4 is 34.0 Å². The molecule has 1 saturated heterocycles. The van der Waals surface area contributed by atoms with Gasteiger partial charge < -0.3 is 10.1 Å². The summed E-state index contributed by atoms with van der Waals surface area (Å²) in [5.74, 6) is -0.523. The van der Waals surface area contributed by atoms with E-state index < -0.39 is 6.10 Å². The van der Waals surface area contributed by atoms with E-state index in [0.29, 0.717) is 29.4 Å². The number of rotatable bonds is 4. The van der Waals surface area contributed by atoms with E-state index in [2.05, 4.69) is 15.6 Å². The molecule has 22 heavy (non-hydrogen) atoms. The van der Waals surface area contributed by atoms with Crippen LogP contribution in [0.2, 0.25) is 0 Å². The minimum absolute atomic E-state index is 0.216. The molecule has 6 nitrogen and oxygen atoms in total. The van der Waals surface area contributed by atoms with Crippen LogP contribution in [0.5, 0.6) is 0 Å². The van der Waals surface area contributed by atoms with Crippen molar-refractivity contribution < 1.29 is 14.3 Å². The fraction of sp³-hybridized carbons (Fsp3) is 0.267. The van der Waals surface area contributed by atoms with Gasteiger partial charge in [-0.05, 0) is 25.0 Å². The van der Waals surface area contributed by atoms with Gasteiger partial charge in [-0.1, -0.05) is 12.1 Å². The van der Waals surface area contributed by atoms with E-state index in [9.17, 15) is 9.59 Å². The standard InChI is InChI=1S/C15H15N3O3S/c19-13(18-15-16-7-9-22-15)10-4-1-2-5-11(10)17-14(20)12-6-3-8-21-12/h1-2,4-5,7,9,12H,3,6,8H2,(H,17,20)(H,16,18,19). The molecule has 1 unspecified atom stereocenters. The zero-order valence-corrected chi connectivity index (χ0v) is 12.6. The van der Waals surface area contributed by atoms with Crippen LogP contribution in [0.4, 0.5) is 10.8 Å². The first-order valence-corrected chi connectivity index (χ1v) is 7.84. The summed E-state index contributed by atoms with van der Waals surface area (Å²) in [5.41, 5.74) is 0.862. The number of ether oxygens (including phenoxy) is 1. The summed E-state index contributed by atoms with van der Waals surface area (Å²) in [4.78, 5) is 28.5. The zero-order chi connectivity index (χ0) is 15.4. The molecule has 0 saturated carbocycles. The largest absolute Gasteiger partial charge is 0.368 e. The molecule has 1 aromatic carbocycles. The van der Waals surface area contributed by atoms with Crippen molar-refractivity contribution in [1.82, 2.24) is 4.98 Å². The van der Waals surface area contributed by atoms with Gasteiger partial charge in [-0.15, -0.1) is 11.3 Å². The average Bonchev–Trinajstić information content (AvgIpc) is 3.21. The summed E-state index contributed by atoms with van der Waals surface area (Å²) >= 11 is 1.34. The van der Waals surface area contributed by atoms with Crippen LogP contribution in [0.25, 0.3) is 0 Å². The minimum Gasteiger partial charge on any atom is -0.368 e. The predicted molar refractivity (Wildman–Crippen MR) is 84.1 cm³/mol. The summed E-state index contributed by atoms with van der Waals surface area (Å²) in [5, 5.41) is 7.78. The van der Waals surface area contributed by atoms with Crippen molar-refractivity contribution in [2.75, 3.05) is 17.2 Å². The van der Waals surface area contributed by atoms with Crippen molar-refractivity contribution in [3.63, 3.8) is 0 Å². The maximum atomic E-state index is 12.3. The van der Waals surface area contributed by atoms with Crippen LogP contribution in [0.1, 0.15) is 23.2 Å². The van der Waals surface area contributed by atoms with Crippen LogP contribution in [-0.4, -0.2) is 29.5 Å². The Morgan fingerprint density at radius 1 is 1.27 bits per heavy atom. The smallest absolute Gasteiger partial charge is 0.259 e. The first-order valence-electron chi connectivity index (χ1n) is 6.96. The van der Waals surface area contributed by atoms with Crippen LogP contribution in [-0.2, 0) is 9.53 Å². The number of aromatic nitrogens is 1. The highest BCUT2D eigenvalue weighted by Gasteiger charge is 2.24. The molecule has 114 valence electrons. The van der Waals surface area contributed by atoms with E-state index in [0.717, 1.165) is 6.42 Å². The highest BCUT2D eigenvalue weighted by molar-refractivity contribution is 7.13. The van der Waals surface area contributed by atoms with Gasteiger partial charge in [0.2, 0.25) is 0 Å². The van der Waals surface area contributed by atoms with Crippen LogP contribution < -0.4 is 10.6 Å². The molecule has 0 spiro atoms. The molecule has 0 bridgehead atoms. The lowest BCUT2D eigenvalue weighted by Crippen LogP contribution is -2.28. The number of benzene rings is 1. The molecular weight excluding hydrogens is 302 g/mol. The van der Waals surface area contributed by atoms with Gasteiger partial charge in [-0.3, -0.25) is 14.9 Å². The molecule has 1 atom stereocenters. The van der Waals surface area contributed by atoms with Gasteiger partial charge >= 0.3 is 0 Å². The summed E-state index contributed by atoms with van der Waals surface area (Å²) in [6.07, 6.45) is 2.77. The van der Waals surface area contributed by atoms with Crippen molar-refractivity contribution in [3.8, 4) is 0 Å². The number of nitrogens with zero attached hydrogens (tertiary/aromatic N) is 1. The minimum atomic E-state index is -0.435. The van der Waals surface area contributed by atoms with Crippen molar-refractivity contribution in [1.29, 1.82) is 0 Å². The highest BCUT2D eigenvalue weighted by Crippen LogP contribution is 2.20. The molecular formula is C15H15N3O3S. The predicted octanol–water partition coefficient (Wildman–Crippen LogP) is 2.51. The maximum Gasteiger partial charge on any atom is 0.259 e.